The van der Waals surface area contributed by atoms with E-state index in [4.69, 9.17) is 22.1 Å². The second kappa shape index (κ2) is 6.78. The zero-order chi connectivity index (χ0) is 15.4. The van der Waals surface area contributed by atoms with Crippen molar-refractivity contribution in [1.82, 2.24) is 0 Å². The first-order valence-electron chi connectivity index (χ1n) is 6.59. The fourth-order valence-electron chi connectivity index (χ4n) is 2.35. The first-order chi connectivity index (χ1) is 10.1. The number of benzene rings is 2. The maximum atomic E-state index is 14.1. The normalized spacial score (nSPS) is 12.0. The highest BCUT2D eigenvalue weighted by atomic mass is 35.5. The van der Waals surface area contributed by atoms with Crippen LogP contribution in [0.15, 0.2) is 42.5 Å². The van der Waals surface area contributed by atoms with Crippen LogP contribution in [-0.4, -0.2) is 20.7 Å². The summed E-state index contributed by atoms with van der Waals surface area (Å²) in [5, 5.41) is 0.485. The summed E-state index contributed by atoms with van der Waals surface area (Å²) in [5.41, 5.74) is 7.17. The summed E-state index contributed by atoms with van der Waals surface area (Å²) in [6.07, 6.45) is 0. The van der Waals surface area contributed by atoms with Crippen LogP contribution in [0.2, 0.25) is 5.02 Å². The Morgan fingerprint density at radius 2 is 2.00 bits per heavy atom. The van der Waals surface area contributed by atoms with Crippen molar-refractivity contribution in [2.24, 2.45) is 5.73 Å². The molecule has 0 aliphatic carbocycles. The Morgan fingerprint density at radius 1 is 1.29 bits per heavy atom. The van der Waals surface area contributed by atoms with Gasteiger partial charge in [0.1, 0.15) is 11.6 Å². The Kier molecular flexibility index (Phi) is 5.04. The Hall–Kier alpha value is -1.78. The van der Waals surface area contributed by atoms with Crippen molar-refractivity contribution in [2.45, 2.75) is 6.04 Å². The van der Waals surface area contributed by atoms with Crippen LogP contribution in [0.5, 0.6) is 5.75 Å². The maximum Gasteiger partial charge on any atom is 0.142 e. The lowest BCUT2D eigenvalue weighted by Crippen LogP contribution is -2.31. The largest absolute Gasteiger partial charge is 0.495 e. The van der Waals surface area contributed by atoms with Gasteiger partial charge in [0.05, 0.1) is 18.8 Å². The number of likely N-dealkylation sites (N-methyl/N-ethyl adjacent to an activating group) is 1. The number of halogens is 2. The standard InChI is InChI=1S/C16H18ClFN2O/c1-20(14-5-3-4-6-16(14)21-2)15(10-19)12-9-11(17)7-8-13(12)18/h3-9,15H,10,19H2,1-2H3. The van der Waals surface area contributed by atoms with E-state index in [9.17, 15) is 4.39 Å². The van der Waals surface area contributed by atoms with Crippen molar-refractivity contribution in [3.8, 4) is 5.75 Å². The van der Waals surface area contributed by atoms with Crippen LogP contribution in [0.3, 0.4) is 0 Å². The van der Waals surface area contributed by atoms with Crippen LogP contribution in [0, 0.1) is 5.82 Å². The Labute approximate surface area is 129 Å². The third-order valence-corrected chi connectivity index (χ3v) is 3.71. The van der Waals surface area contributed by atoms with Gasteiger partial charge in [0.25, 0.3) is 0 Å². The average Bonchev–Trinajstić information content (AvgIpc) is 2.51. The smallest absolute Gasteiger partial charge is 0.142 e. The van der Waals surface area contributed by atoms with Crippen LogP contribution in [-0.2, 0) is 0 Å². The lowest BCUT2D eigenvalue weighted by molar-refractivity contribution is 0.413. The molecule has 2 rings (SSSR count). The van der Waals surface area contributed by atoms with Gasteiger partial charge in [0.2, 0.25) is 0 Å². The third kappa shape index (κ3) is 3.28. The summed E-state index contributed by atoms with van der Waals surface area (Å²) in [6, 6.07) is 11.7. The lowest BCUT2D eigenvalue weighted by atomic mass is 10.0. The summed E-state index contributed by atoms with van der Waals surface area (Å²) < 4.78 is 19.4. The first-order valence-corrected chi connectivity index (χ1v) is 6.97. The van der Waals surface area contributed by atoms with E-state index < -0.39 is 0 Å². The van der Waals surface area contributed by atoms with Crippen LogP contribution in [0.1, 0.15) is 11.6 Å². The first kappa shape index (κ1) is 15.6. The summed E-state index contributed by atoms with van der Waals surface area (Å²) in [5.74, 6) is 0.387. The molecule has 0 saturated carbocycles. The van der Waals surface area contributed by atoms with Gasteiger partial charge in [-0.3, -0.25) is 0 Å². The van der Waals surface area contributed by atoms with Crippen molar-refractivity contribution in [3.63, 3.8) is 0 Å². The average molecular weight is 309 g/mol. The number of nitrogens with two attached hydrogens (primary N) is 1. The predicted octanol–water partition coefficient (Wildman–Crippen LogP) is 3.62. The highest BCUT2D eigenvalue weighted by molar-refractivity contribution is 6.30. The Balaban J connectivity index is 2.43. The number of para-hydroxylation sites is 2. The molecule has 0 aliphatic heterocycles. The number of anilines is 1. The maximum absolute atomic E-state index is 14.1. The SMILES string of the molecule is COc1ccccc1N(C)C(CN)c1cc(Cl)ccc1F. The number of hydrogen-bond acceptors (Lipinski definition) is 3. The molecule has 0 saturated heterocycles. The molecule has 0 aliphatic rings. The summed E-state index contributed by atoms with van der Waals surface area (Å²) in [6.45, 7) is 0.256. The quantitative estimate of drug-likeness (QED) is 0.917. The van der Waals surface area contributed by atoms with E-state index in [0.29, 0.717) is 16.3 Å². The van der Waals surface area contributed by atoms with E-state index in [-0.39, 0.29) is 18.4 Å². The Morgan fingerprint density at radius 3 is 2.67 bits per heavy atom. The molecule has 2 aromatic carbocycles. The molecule has 3 nitrogen and oxygen atoms in total. The highest BCUT2D eigenvalue weighted by Gasteiger charge is 2.21. The third-order valence-electron chi connectivity index (χ3n) is 3.47. The van der Waals surface area contributed by atoms with Crippen LogP contribution in [0.4, 0.5) is 10.1 Å². The van der Waals surface area contributed by atoms with Gasteiger partial charge in [-0.05, 0) is 30.3 Å². The van der Waals surface area contributed by atoms with Gasteiger partial charge in [-0.2, -0.15) is 0 Å². The molecule has 112 valence electrons. The van der Waals surface area contributed by atoms with E-state index in [0.717, 1.165) is 5.69 Å². The number of hydrogen-bond donors (Lipinski definition) is 1. The van der Waals surface area contributed by atoms with Gasteiger partial charge in [-0.15, -0.1) is 0 Å². The summed E-state index contributed by atoms with van der Waals surface area (Å²) in [4.78, 5) is 1.90. The van der Waals surface area contributed by atoms with Crippen molar-refractivity contribution in [3.05, 3.63) is 58.9 Å². The molecule has 0 spiro atoms. The van der Waals surface area contributed by atoms with Gasteiger partial charge >= 0.3 is 0 Å². The van der Waals surface area contributed by atoms with Crippen molar-refractivity contribution in [2.75, 3.05) is 25.6 Å². The Bertz CT molecular complexity index is 621. The van der Waals surface area contributed by atoms with Crippen molar-refractivity contribution < 1.29 is 9.13 Å². The number of methoxy groups -OCH3 is 1. The minimum atomic E-state index is -0.333. The summed E-state index contributed by atoms with van der Waals surface area (Å²) in [7, 11) is 3.46. The van der Waals surface area contributed by atoms with E-state index in [1.54, 1.807) is 13.2 Å². The lowest BCUT2D eigenvalue weighted by Gasteiger charge is -2.31. The van der Waals surface area contributed by atoms with E-state index in [1.807, 2.05) is 36.2 Å². The van der Waals surface area contributed by atoms with Gasteiger partial charge in [-0.1, -0.05) is 23.7 Å². The number of rotatable bonds is 5. The molecular weight excluding hydrogens is 291 g/mol. The second-order valence-electron chi connectivity index (χ2n) is 4.70. The molecule has 0 aromatic heterocycles. The molecule has 0 amide bonds. The molecule has 0 bridgehead atoms. The highest BCUT2D eigenvalue weighted by Crippen LogP contribution is 2.34. The minimum Gasteiger partial charge on any atom is -0.495 e. The topological polar surface area (TPSA) is 38.5 Å². The van der Waals surface area contributed by atoms with Gasteiger partial charge in [0, 0.05) is 24.2 Å². The van der Waals surface area contributed by atoms with Crippen LogP contribution < -0.4 is 15.4 Å². The van der Waals surface area contributed by atoms with Gasteiger partial charge in [0.15, 0.2) is 0 Å². The fourth-order valence-corrected chi connectivity index (χ4v) is 2.53. The molecule has 1 atom stereocenters. The molecular formula is C16H18ClFN2O. The zero-order valence-electron chi connectivity index (χ0n) is 12.0. The molecule has 0 fully saturated rings. The molecule has 21 heavy (non-hydrogen) atoms. The molecule has 0 radical (unpaired) electrons. The van der Waals surface area contributed by atoms with E-state index in [2.05, 4.69) is 0 Å². The predicted molar refractivity (Wildman–Crippen MR) is 84.6 cm³/mol. The van der Waals surface area contributed by atoms with Gasteiger partial charge in [-0.25, -0.2) is 4.39 Å². The van der Waals surface area contributed by atoms with Crippen molar-refractivity contribution >= 4 is 17.3 Å². The second-order valence-corrected chi connectivity index (χ2v) is 5.14. The minimum absolute atomic E-state index is 0.256. The van der Waals surface area contributed by atoms with E-state index in [1.165, 1.54) is 12.1 Å². The fraction of sp³-hybridized carbons (Fsp3) is 0.250. The summed E-state index contributed by atoms with van der Waals surface area (Å²) >= 11 is 5.98. The molecule has 1 unspecified atom stereocenters. The molecule has 2 aromatic rings. The number of nitrogens with zero attached hydrogens (tertiary/aromatic N) is 1. The van der Waals surface area contributed by atoms with Crippen LogP contribution >= 0.6 is 11.6 Å². The molecule has 2 N–H and O–H groups in total. The van der Waals surface area contributed by atoms with Gasteiger partial charge < -0.3 is 15.4 Å². The molecule has 0 heterocycles. The van der Waals surface area contributed by atoms with Crippen LogP contribution in [0.25, 0.3) is 0 Å². The zero-order valence-corrected chi connectivity index (χ0v) is 12.8. The number of ether oxygens (including phenoxy) is 1. The van der Waals surface area contributed by atoms with Crippen molar-refractivity contribution in [1.29, 1.82) is 0 Å². The van der Waals surface area contributed by atoms with E-state index >= 15 is 0 Å². The monoisotopic (exact) mass is 308 g/mol. The molecule has 5 heteroatoms.